The van der Waals surface area contributed by atoms with E-state index >= 15 is 0 Å². The fourth-order valence-electron chi connectivity index (χ4n) is 1.81. The van der Waals surface area contributed by atoms with E-state index in [2.05, 4.69) is 11.9 Å². The molecule has 0 saturated carbocycles. The van der Waals surface area contributed by atoms with E-state index in [1.165, 1.54) is 0 Å². The zero-order chi connectivity index (χ0) is 10.7. The number of hydrogen-bond donors (Lipinski definition) is 0. The molecule has 2 saturated heterocycles. The van der Waals surface area contributed by atoms with Crippen LogP contribution in [-0.4, -0.2) is 53.8 Å². The molecule has 0 bridgehead atoms. The number of rotatable bonds is 0. The van der Waals surface area contributed by atoms with Crippen LogP contribution in [0.25, 0.3) is 0 Å². The molecule has 82 valence electrons. The van der Waals surface area contributed by atoms with Gasteiger partial charge in [0.1, 0.15) is 10.9 Å². The molecule has 0 aromatic heterocycles. The van der Waals surface area contributed by atoms with E-state index in [4.69, 9.17) is 4.84 Å². The van der Waals surface area contributed by atoms with Gasteiger partial charge in [-0.3, -0.25) is 0 Å². The number of piperazine rings is 1. The number of fused-ring (bicyclic) bond motifs is 1. The van der Waals surface area contributed by atoms with E-state index < -0.39 is 0 Å². The first-order valence-electron chi connectivity index (χ1n) is 5.27. The van der Waals surface area contributed by atoms with Crippen LogP contribution in [0.1, 0.15) is 20.8 Å². The average Bonchev–Trinajstić information content (AvgIpc) is 2.46. The third-order valence-electron chi connectivity index (χ3n) is 2.60. The van der Waals surface area contributed by atoms with E-state index in [0.717, 1.165) is 19.6 Å². The average molecular weight is 202 g/mol. The lowest BCUT2D eigenvalue weighted by atomic mass is 10.1. The van der Waals surface area contributed by atoms with Crippen molar-refractivity contribution in [1.82, 2.24) is 9.91 Å². The molecule has 2 atom stereocenters. The molecule has 2 fully saturated rings. The molecule has 0 aromatic carbocycles. The molecule has 2 aliphatic heterocycles. The third-order valence-corrected chi connectivity index (χ3v) is 2.60. The Hall–Kier alpha value is -0.840. The minimum Gasteiger partial charge on any atom is -0.302 e. The van der Waals surface area contributed by atoms with Crippen LogP contribution in [0.4, 0.5) is 0 Å². The lowest BCUT2D eigenvalue weighted by molar-refractivity contribution is -0.888. The highest BCUT2D eigenvalue weighted by atomic mass is 16.8. The maximum absolute atomic E-state index is 11.1. The first kappa shape index (κ1) is 11.2. The molecule has 5 heteroatoms. The van der Waals surface area contributed by atoms with Crippen molar-refractivity contribution in [3.8, 4) is 0 Å². The summed E-state index contributed by atoms with van der Waals surface area (Å²) in [5, 5.41) is 2.40. The summed E-state index contributed by atoms with van der Waals surface area (Å²) >= 11 is 0. The maximum atomic E-state index is 11.1. The van der Waals surface area contributed by atoms with E-state index in [1.54, 1.807) is 5.01 Å². The monoisotopic (exact) mass is 202 g/mol. The zero-order valence-corrected chi connectivity index (χ0v) is 9.43. The molecule has 14 heavy (non-hydrogen) atoms. The normalized spacial score (nSPS) is 31.7. The van der Waals surface area contributed by atoms with Crippen molar-refractivity contribution in [1.29, 1.82) is 0 Å². The van der Waals surface area contributed by atoms with Gasteiger partial charge >= 0.3 is 5.03 Å². The first-order valence-corrected chi connectivity index (χ1v) is 5.27. The van der Waals surface area contributed by atoms with Crippen LogP contribution in [0.5, 0.6) is 0 Å². The fraction of sp³-hybridized carbons (Fsp3) is 1.00. The van der Waals surface area contributed by atoms with Crippen LogP contribution in [-0.2, 0) is 4.84 Å². The van der Waals surface area contributed by atoms with Crippen molar-refractivity contribution in [2.75, 3.05) is 26.7 Å². The number of hydrogen-bond acceptors (Lipinski definition) is 3. The Morgan fingerprint density at radius 3 is 2.64 bits per heavy atom. The Balaban J connectivity index is 0.000000461. The van der Waals surface area contributed by atoms with Gasteiger partial charge in [0.05, 0.1) is 6.54 Å². The molecule has 0 aromatic rings. The van der Waals surface area contributed by atoms with Gasteiger partial charge in [-0.1, -0.05) is 18.9 Å². The molecular formula is C9H20N3O2+. The lowest BCUT2D eigenvalue weighted by Crippen LogP contribution is -2.52. The Morgan fingerprint density at radius 1 is 1.36 bits per heavy atom. The summed E-state index contributed by atoms with van der Waals surface area (Å²) in [6, 6.07) is 0.237. The summed E-state index contributed by atoms with van der Waals surface area (Å²) in [4.78, 5) is 18.4. The van der Waals surface area contributed by atoms with E-state index in [1.807, 2.05) is 20.8 Å². The van der Waals surface area contributed by atoms with Gasteiger partial charge in [0.25, 0.3) is 0 Å². The lowest BCUT2D eigenvalue weighted by Gasteiger charge is -2.28. The smallest absolute Gasteiger partial charge is 0.302 e. The predicted octanol–water partition coefficient (Wildman–Crippen LogP) is 0.656. The Labute approximate surface area is 85.1 Å². The third kappa shape index (κ3) is 1.97. The second kappa shape index (κ2) is 4.59. The van der Waals surface area contributed by atoms with Crippen molar-refractivity contribution in [2.24, 2.45) is 0 Å². The SMILES string of the molecule is CC.CC1O[N+](=O)N2CCN(C)C[C@@H]12. The summed E-state index contributed by atoms with van der Waals surface area (Å²) in [6.45, 7) is 8.56. The number of hydrazine groups is 1. The molecule has 0 N–H and O–H groups in total. The summed E-state index contributed by atoms with van der Waals surface area (Å²) in [5.74, 6) is 0. The Morgan fingerprint density at radius 2 is 2.00 bits per heavy atom. The van der Waals surface area contributed by atoms with Crippen molar-refractivity contribution in [2.45, 2.75) is 32.9 Å². The number of likely N-dealkylation sites (N-methyl/N-ethyl adjacent to an activating group) is 1. The van der Waals surface area contributed by atoms with Crippen LogP contribution in [0.15, 0.2) is 0 Å². The number of nitrogens with zero attached hydrogens (tertiary/aromatic N) is 3. The molecule has 0 amide bonds. The van der Waals surface area contributed by atoms with Gasteiger partial charge in [0.2, 0.25) is 6.10 Å². The maximum Gasteiger partial charge on any atom is 0.360 e. The van der Waals surface area contributed by atoms with E-state index in [9.17, 15) is 4.91 Å². The summed E-state index contributed by atoms with van der Waals surface area (Å²) in [6.07, 6.45) is 0.0187. The predicted molar refractivity (Wildman–Crippen MR) is 53.5 cm³/mol. The highest BCUT2D eigenvalue weighted by molar-refractivity contribution is 4.81. The van der Waals surface area contributed by atoms with Crippen molar-refractivity contribution in [3.05, 3.63) is 4.91 Å². The highest BCUT2D eigenvalue weighted by Gasteiger charge is 2.49. The van der Waals surface area contributed by atoms with Gasteiger partial charge < -0.3 is 4.90 Å². The van der Waals surface area contributed by atoms with Crippen molar-refractivity contribution >= 4 is 0 Å². The molecule has 2 rings (SSSR count). The molecule has 2 heterocycles. The van der Waals surface area contributed by atoms with Crippen molar-refractivity contribution in [3.63, 3.8) is 0 Å². The van der Waals surface area contributed by atoms with Gasteiger partial charge in [-0.15, -0.1) is 0 Å². The Bertz CT molecular complexity index is 210. The quantitative estimate of drug-likeness (QED) is 0.578. The second-order valence-corrected chi connectivity index (χ2v) is 3.54. The Kier molecular flexibility index (Phi) is 3.69. The van der Waals surface area contributed by atoms with Crippen LogP contribution in [0.3, 0.4) is 0 Å². The zero-order valence-electron chi connectivity index (χ0n) is 9.43. The van der Waals surface area contributed by atoms with Gasteiger partial charge in [-0.25, -0.2) is 0 Å². The van der Waals surface area contributed by atoms with Crippen LogP contribution >= 0.6 is 0 Å². The van der Waals surface area contributed by atoms with Crippen molar-refractivity contribution < 1.29 is 9.87 Å². The minimum atomic E-state index is 0.0187. The molecule has 2 aliphatic rings. The molecule has 1 unspecified atom stereocenters. The van der Waals surface area contributed by atoms with Gasteiger partial charge in [-0.2, -0.15) is 4.84 Å². The van der Waals surface area contributed by atoms with Crippen LogP contribution in [0.2, 0.25) is 0 Å². The molecule has 0 radical (unpaired) electrons. The fourth-order valence-corrected chi connectivity index (χ4v) is 1.81. The summed E-state index contributed by atoms with van der Waals surface area (Å²) < 4.78 is 0. The van der Waals surface area contributed by atoms with E-state index in [0.29, 0.717) is 5.03 Å². The van der Waals surface area contributed by atoms with Gasteiger partial charge in [0, 0.05) is 13.1 Å². The second-order valence-electron chi connectivity index (χ2n) is 3.54. The van der Waals surface area contributed by atoms with Gasteiger partial charge in [-0.05, 0) is 14.0 Å². The molecule has 0 spiro atoms. The largest absolute Gasteiger partial charge is 0.360 e. The van der Waals surface area contributed by atoms with Crippen LogP contribution in [0, 0.1) is 4.91 Å². The summed E-state index contributed by atoms with van der Waals surface area (Å²) in [7, 11) is 2.07. The van der Waals surface area contributed by atoms with Gasteiger partial charge in [0.15, 0.2) is 0 Å². The highest BCUT2D eigenvalue weighted by Crippen LogP contribution is 2.21. The molecule has 0 aliphatic carbocycles. The van der Waals surface area contributed by atoms with Crippen LogP contribution < -0.4 is 0 Å². The first-order chi connectivity index (χ1) is 6.68. The standard InChI is InChI=1S/C7H14N3O2.C2H6/c1-6-7-5-8(2)3-4-9(7)10(11)12-6;1-2/h6-7H,3-5H2,1-2H3;1-2H3/q+1;/t6?,7-;/m0./s1. The topological polar surface area (TPSA) is 35.8 Å². The minimum absolute atomic E-state index is 0.0187. The molecular weight excluding hydrogens is 182 g/mol. The molecule has 5 nitrogen and oxygen atoms in total. The van der Waals surface area contributed by atoms with E-state index in [-0.39, 0.29) is 12.1 Å². The summed E-state index contributed by atoms with van der Waals surface area (Å²) in [5.41, 5.74) is 0.